The van der Waals surface area contributed by atoms with Crippen molar-refractivity contribution in [1.82, 2.24) is 5.32 Å². The molecule has 0 aromatic carbocycles. The Kier molecular flexibility index (Phi) is 5.05. The standard InChI is InChI=1S/C11H22N2O2/c1-2-3-6-13-10(14)11(9-12)4-7-15-8-5-11/h2-9,12H2,1H3,(H,13,14). The molecule has 0 spiro atoms. The van der Waals surface area contributed by atoms with Gasteiger partial charge in [-0.1, -0.05) is 13.3 Å². The van der Waals surface area contributed by atoms with Gasteiger partial charge in [0.25, 0.3) is 0 Å². The molecular formula is C11H22N2O2. The Hall–Kier alpha value is -0.610. The second kappa shape index (κ2) is 6.08. The summed E-state index contributed by atoms with van der Waals surface area (Å²) in [5.41, 5.74) is 5.36. The molecule has 0 atom stereocenters. The fraction of sp³-hybridized carbons (Fsp3) is 0.909. The van der Waals surface area contributed by atoms with Gasteiger partial charge in [-0.25, -0.2) is 0 Å². The van der Waals surface area contributed by atoms with Gasteiger partial charge < -0.3 is 15.8 Å². The molecule has 0 aromatic heterocycles. The Morgan fingerprint density at radius 3 is 2.67 bits per heavy atom. The molecule has 1 amide bonds. The largest absolute Gasteiger partial charge is 0.381 e. The summed E-state index contributed by atoms with van der Waals surface area (Å²) in [7, 11) is 0. The number of ether oxygens (including phenoxy) is 1. The Bertz CT molecular complexity index is 201. The monoisotopic (exact) mass is 214 g/mol. The van der Waals surface area contributed by atoms with E-state index in [4.69, 9.17) is 10.5 Å². The molecule has 0 aromatic rings. The molecule has 1 aliphatic rings. The molecule has 4 nitrogen and oxygen atoms in total. The van der Waals surface area contributed by atoms with E-state index >= 15 is 0 Å². The minimum Gasteiger partial charge on any atom is -0.381 e. The summed E-state index contributed by atoms with van der Waals surface area (Å²) in [5.74, 6) is 0.113. The quantitative estimate of drug-likeness (QED) is 0.661. The maximum Gasteiger partial charge on any atom is 0.227 e. The molecule has 1 fully saturated rings. The van der Waals surface area contributed by atoms with Crippen LogP contribution >= 0.6 is 0 Å². The summed E-state index contributed by atoms with van der Waals surface area (Å²) in [6.45, 7) is 4.60. The lowest BCUT2D eigenvalue weighted by atomic mass is 9.79. The van der Waals surface area contributed by atoms with Gasteiger partial charge in [0.2, 0.25) is 5.91 Å². The second-order valence-corrected chi connectivity index (χ2v) is 4.21. The van der Waals surface area contributed by atoms with Crippen molar-refractivity contribution >= 4 is 5.91 Å². The maximum atomic E-state index is 12.0. The topological polar surface area (TPSA) is 64.4 Å². The normalized spacial score (nSPS) is 19.9. The van der Waals surface area contributed by atoms with Gasteiger partial charge >= 0.3 is 0 Å². The van der Waals surface area contributed by atoms with Gasteiger partial charge in [-0.2, -0.15) is 0 Å². The van der Waals surface area contributed by atoms with Crippen molar-refractivity contribution < 1.29 is 9.53 Å². The van der Waals surface area contributed by atoms with Crippen molar-refractivity contribution in [2.45, 2.75) is 32.6 Å². The number of hydrogen-bond donors (Lipinski definition) is 2. The Labute approximate surface area is 91.5 Å². The van der Waals surface area contributed by atoms with Crippen LogP contribution in [0.25, 0.3) is 0 Å². The van der Waals surface area contributed by atoms with Crippen molar-refractivity contribution in [3.05, 3.63) is 0 Å². The van der Waals surface area contributed by atoms with Gasteiger partial charge in [0.15, 0.2) is 0 Å². The van der Waals surface area contributed by atoms with Crippen molar-refractivity contribution in [3.63, 3.8) is 0 Å². The fourth-order valence-electron chi connectivity index (χ4n) is 1.85. The Morgan fingerprint density at radius 1 is 1.47 bits per heavy atom. The summed E-state index contributed by atoms with van der Waals surface area (Å²) in [5, 5.41) is 2.97. The van der Waals surface area contributed by atoms with Crippen LogP contribution in [0.2, 0.25) is 0 Å². The molecule has 3 N–H and O–H groups in total. The first-order chi connectivity index (χ1) is 7.25. The highest BCUT2D eigenvalue weighted by atomic mass is 16.5. The zero-order chi connectivity index (χ0) is 11.1. The molecule has 0 unspecified atom stereocenters. The second-order valence-electron chi connectivity index (χ2n) is 4.21. The smallest absolute Gasteiger partial charge is 0.227 e. The van der Waals surface area contributed by atoms with Crippen molar-refractivity contribution in [2.75, 3.05) is 26.3 Å². The lowest BCUT2D eigenvalue weighted by Gasteiger charge is -2.34. The van der Waals surface area contributed by atoms with Gasteiger partial charge in [0, 0.05) is 26.3 Å². The third-order valence-corrected chi connectivity index (χ3v) is 3.14. The van der Waals surface area contributed by atoms with Crippen LogP contribution in [0.15, 0.2) is 0 Å². The first-order valence-electron chi connectivity index (χ1n) is 5.81. The number of nitrogens with one attached hydrogen (secondary N) is 1. The van der Waals surface area contributed by atoms with Gasteiger partial charge in [0.05, 0.1) is 5.41 Å². The molecule has 15 heavy (non-hydrogen) atoms. The zero-order valence-corrected chi connectivity index (χ0v) is 9.55. The van der Waals surface area contributed by atoms with E-state index < -0.39 is 0 Å². The number of hydrogen-bond acceptors (Lipinski definition) is 3. The van der Waals surface area contributed by atoms with Crippen LogP contribution in [0, 0.1) is 5.41 Å². The number of unbranched alkanes of at least 4 members (excludes halogenated alkanes) is 1. The van der Waals surface area contributed by atoms with E-state index in [1.54, 1.807) is 0 Å². The van der Waals surface area contributed by atoms with Gasteiger partial charge in [-0.3, -0.25) is 4.79 Å². The Morgan fingerprint density at radius 2 is 2.13 bits per heavy atom. The number of amides is 1. The molecule has 0 saturated carbocycles. The summed E-state index contributed by atoms with van der Waals surface area (Å²) in [6.07, 6.45) is 3.63. The SMILES string of the molecule is CCCCNC(=O)C1(CN)CCOCC1. The minimum absolute atomic E-state index is 0.113. The number of carbonyl (C=O) groups excluding carboxylic acids is 1. The van der Waals surface area contributed by atoms with Crippen LogP contribution in [0.5, 0.6) is 0 Å². The van der Waals surface area contributed by atoms with E-state index in [2.05, 4.69) is 12.2 Å². The number of nitrogens with two attached hydrogens (primary N) is 1. The zero-order valence-electron chi connectivity index (χ0n) is 9.55. The molecule has 88 valence electrons. The molecule has 0 aliphatic carbocycles. The summed E-state index contributed by atoms with van der Waals surface area (Å²) < 4.78 is 5.27. The minimum atomic E-state index is -0.369. The third-order valence-electron chi connectivity index (χ3n) is 3.14. The van der Waals surface area contributed by atoms with E-state index in [1.165, 1.54) is 0 Å². The van der Waals surface area contributed by atoms with Crippen LogP contribution in [0.1, 0.15) is 32.6 Å². The van der Waals surface area contributed by atoms with E-state index in [0.29, 0.717) is 19.8 Å². The molecule has 1 heterocycles. The average Bonchev–Trinajstić information content (AvgIpc) is 2.30. The summed E-state index contributed by atoms with van der Waals surface area (Å²) >= 11 is 0. The van der Waals surface area contributed by atoms with E-state index in [9.17, 15) is 4.79 Å². The van der Waals surface area contributed by atoms with Gasteiger partial charge in [0.1, 0.15) is 0 Å². The molecular weight excluding hydrogens is 192 g/mol. The lowest BCUT2D eigenvalue weighted by molar-refractivity contribution is -0.135. The van der Waals surface area contributed by atoms with Crippen LogP contribution < -0.4 is 11.1 Å². The van der Waals surface area contributed by atoms with Crippen LogP contribution in [-0.4, -0.2) is 32.2 Å². The predicted molar refractivity (Wildman–Crippen MR) is 59.5 cm³/mol. The van der Waals surface area contributed by atoms with Crippen molar-refractivity contribution in [3.8, 4) is 0 Å². The third kappa shape index (κ3) is 3.18. The van der Waals surface area contributed by atoms with Crippen LogP contribution in [0.3, 0.4) is 0 Å². The van der Waals surface area contributed by atoms with Crippen LogP contribution in [0.4, 0.5) is 0 Å². The molecule has 0 bridgehead atoms. The molecule has 0 radical (unpaired) electrons. The van der Waals surface area contributed by atoms with E-state index in [0.717, 1.165) is 32.2 Å². The van der Waals surface area contributed by atoms with Gasteiger partial charge in [-0.15, -0.1) is 0 Å². The molecule has 1 saturated heterocycles. The number of carbonyl (C=O) groups is 1. The summed E-state index contributed by atoms with van der Waals surface area (Å²) in [4.78, 5) is 12.0. The van der Waals surface area contributed by atoms with E-state index in [-0.39, 0.29) is 11.3 Å². The average molecular weight is 214 g/mol. The first-order valence-corrected chi connectivity index (χ1v) is 5.81. The maximum absolute atomic E-state index is 12.0. The molecule has 1 aliphatic heterocycles. The highest BCUT2D eigenvalue weighted by Gasteiger charge is 2.38. The van der Waals surface area contributed by atoms with Gasteiger partial charge in [-0.05, 0) is 19.3 Å². The highest BCUT2D eigenvalue weighted by molar-refractivity contribution is 5.83. The number of rotatable bonds is 5. The van der Waals surface area contributed by atoms with Crippen LogP contribution in [-0.2, 0) is 9.53 Å². The molecule has 1 rings (SSSR count). The highest BCUT2D eigenvalue weighted by Crippen LogP contribution is 2.29. The van der Waals surface area contributed by atoms with Crippen molar-refractivity contribution in [2.24, 2.45) is 11.1 Å². The summed E-state index contributed by atoms with van der Waals surface area (Å²) in [6, 6.07) is 0. The predicted octanol–water partition coefficient (Wildman–Crippen LogP) is 0.658. The first kappa shape index (κ1) is 12.5. The van der Waals surface area contributed by atoms with Crippen molar-refractivity contribution in [1.29, 1.82) is 0 Å². The lowest BCUT2D eigenvalue weighted by Crippen LogP contribution is -2.49. The fourth-order valence-corrected chi connectivity index (χ4v) is 1.85. The Balaban J connectivity index is 2.45. The molecule has 4 heteroatoms. The van der Waals surface area contributed by atoms with E-state index in [1.807, 2.05) is 0 Å².